The first-order chi connectivity index (χ1) is 11.0. The third kappa shape index (κ3) is 3.04. The third-order valence-electron chi connectivity index (χ3n) is 3.11. The van der Waals surface area contributed by atoms with Gasteiger partial charge in [-0.05, 0) is 35.9 Å². The monoisotopic (exact) mass is 326 g/mol. The van der Waals surface area contributed by atoms with Crippen LogP contribution in [0.4, 0.5) is 16.3 Å². The molecular formula is C15H10N4O3S. The molecule has 0 saturated carbocycles. The van der Waals surface area contributed by atoms with Crippen LogP contribution in [-0.2, 0) is 9.84 Å². The smallest absolute Gasteiger partial charge is 0.308 e. The van der Waals surface area contributed by atoms with Crippen molar-refractivity contribution in [3.05, 3.63) is 53.1 Å². The van der Waals surface area contributed by atoms with Gasteiger partial charge >= 0.3 is 6.03 Å². The van der Waals surface area contributed by atoms with Crippen molar-refractivity contribution < 1.29 is 13.2 Å². The SMILES string of the molecule is N#Cc1cccc(NC(=O)Nc2ccc3c(c2)S(=O)(=O)C=C3)n1. The Hall–Kier alpha value is -3.18. The van der Waals surface area contributed by atoms with Crippen molar-refractivity contribution in [2.45, 2.75) is 4.90 Å². The van der Waals surface area contributed by atoms with Gasteiger partial charge in [-0.1, -0.05) is 12.1 Å². The summed E-state index contributed by atoms with van der Waals surface area (Å²) in [5.74, 6) is 0.219. The number of hydrogen-bond donors (Lipinski definition) is 2. The Bertz CT molecular complexity index is 974. The average molecular weight is 326 g/mol. The van der Waals surface area contributed by atoms with Gasteiger partial charge in [-0.15, -0.1) is 0 Å². The van der Waals surface area contributed by atoms with E-state index in [4.69, 9.17) is 5.26 Å². The second kappa shape index (κ2) is 5.55. The van der Waals surface area contributed by atoms with Crippen LogP contribution in [0.25, 0.3) is 6.08 Å². The number of anilines is 2. The number of pyridine rings is 1. The molecule has 23 heavy (non-hydrogen) atoms. The molecule has 2 amide bonds. The van der Waals surface area contributed by atoms with Gasteiger partial charge in [0.1, 0.15) is 17.6 Å². The second-order valence-corrected chi connectivity index (χ2v) is 6.50. The number of aromatic nitrogens is 1. The normalized spacial score (nSPS) is 13.9. The number of carbonyl (C=O) groups excluding carboxylic acids is 1. The molecule has 2 heterocycles. The number of hydrogen-bond acceptors (Lipinski definition) is 5. The van der Waals surface area contributed by atoms with Crippen LogP contribution in [-0.4, -0.2) is 19.4 Å². The van der Waals surface area contributed by atoms with Gasteiger partial charge in [0.15, 0.2) is 0 Å². The minimum absolute atomic E-state index is 0.153. The number of urea groups is 1. The van der Waals surface area contributed by atoms with Crippen molar-refractivity contribution in [3.8, 4) is 6.07 Å². The van der Waals surface area contributed by atoms with Crippen molar-refractivity contribution >= 4 is 33.4 Å². The quantitative estimate of drug-likeness (QED) is 0.879. The predicted molar refractivity (Wildman–Crippen MR) is 84.3 cm³/mol. The van der Waals surface area contributed by atoms with Crippen molar-refractivity contribution in [1.82, 2.24) is 4.98 Å². The number of sulfone groups is 1. The lowest BCUT2D eigenvalue weighted by molar-refractivity contribution is 0.262. The van der Waals surface area contributed by atoms with Crippen molar-refractivity contribution in [2.24, 2.45) is 0 Å². The summed E-state index contributed by atoms with van der Waals surface area (Å²) < 4.78 is 23.6. The topological polar surface area (TPSA) is 112 Å². The predicted octanol–water partition coefficient (Wildman–Crippen LogP) is 2.36. The first-order valence-electron chi connectivity index (χ1n) is 6.50. The number of benzene rings is 1. The molecule has 2 aromatic rings. The van der Waals surface area contributed by atoms with E-state index in [0.29, 0.717) is 11.3 Å². The summed E-state index contributed by atoms with van der Waals surface area (Å²) in [6, 6.07) is 10.5. The van der Waals surface area contributed by atoms with Gasteiger partial charge in [-0.3, -0.25) is 5.32 Å². The van der Waals surface area contributed by atoms with Gasteiger partial charge in [0.05, 0.1) is 4.90 Å². The van der Waals surface area contributed by atoms with E-state index in [1.165, 1.54) is 24.3 Å². The van der Waals surface area contributed by atoms with Crippen LogP contribution in [0.1, 0.15) is 11.3 Å². The van der Waals surface area contributed by atoms with Gasteiger partial charge in [0, 0.05) is 11.1 Å². The van der Waals surface area contributed by atoms with Crippen molar-refractivity contribution in [1.29, 1.82) is 5.26 Å². The molecule has 0 saturated heterocycles. The summed E-state index contributed by atoms with van der Waals surface area (Å²) in [7, 11) is -3.43. The summed E-state index contributed by atoms with van der Waals surface area (Å²) in [6.45, 7) is 0. The molecule has 0 unspecified atom stereocenters. The Morgan fingerprint density at radius 2 is 2.00 bits per heavy atom. The minimum atomic E-state index is -3.43. The molecule has 114 valence electrons. The fourth-order valence-corrected chi connectivity index (χ4v) is 3.31. The number of rotatable bonds is 2. The first kappa shape index (κ1) is 14.7. The molecular weight excluding hydrogens is 316 g/mol. The highest BCUT2D eigenvalue weighted by Gasteiger charge is 2.21. The largest absolute Gasteiger partial charge is 0.324 e. The van der Waals surface area contributed by atoms with Crippen LogP contribution >= 0.6 is 0 Å². The van der Waals surface area contributed by atoms with Gasteiger partial charge in [-0.25, -0.2) is 18.2 Å². The van der Waals surface area contributed by atoms with E-state index >= 15 is 0 Å². The van der Waals surface area contributed by atoms with E-state index in [0.717, 1.165) is 5.41 Å². The molecule has 1 aliphatic heterocycles. The highest BCUT2D eigenvalue weighted by molar-refractivity contribution is 7.94. The maximum atomic E-state index is 11.9. The zero-order chi connectivity index (χ0) is 16.4. The number of nitriles is 1. The lowest BCUT2D eigenvalue weighted by atomic mass is 10.2. The molecule has 2 N–H and O–H groups in total. The van der Waals surface area contributed by atoms with E-state index in [1.54, 1.807) is 18.2 Å². The zero-order valence-electron chi connectivity index (χ0n) is 11.6. The minimum Gasteiger partial charge on any atom is -0.308 e. The maximum Gasteiger partial charge on any atom is 0.324 e. The summed E-state index contributed by atoms with van der Waals surface area (Å²) in [6.07, 6.45) is 1.51. The van der Waals surface area contributed by atoms with Gasteiger partial charge in [-0.2, -0.15) is 5.26 Å². The lowest BCUT2D eigenvalue weighted by Gasteiger charge is -2.08. The fourth-order valence-electron chi connectivity index (χ4n) is 2.08. The third-order valence-corrected chi connectivity index (χ3v) is 4.57. The van der Waals surface area contributed by atoms with Crippen LogP contribution < -0.4 is 10.6 Å². The maximum absolute atomic E-state index is 11.9. The molecule has 0 radical (unpaired) electrons. The number of nitrogens with one attached hydrogen (secondary N) is 2. The highest BCUT2D eigenvalue weighted by atomic mass is 32.2. The number of fused-ring (bicyclic) bond motifs is 1. The Balaban J connectivity index is 1.76. The molecule has 0 bridgehead atoms. The van der Waals surface area contributed by atoms with Gasteiger partial charge in [0.25, 0.3) is 0 Å². The Morgan fingerprint density at radius 3 is 2.78 bits per heavy atom. The standard InChI is InChI=1S/C15H10N4O3S/c16-9-12-2-1-3-14(17-12)19-15(20)18-11-5-4-10-6-7-23(21,22)13(10)8-11/h1-8H,(H2,17,18,19,20). The fraction of sp³-hybridized carbons (Fsp3) is 0. The summed E-state index contributed by atoms with van der Waals surface area (Å²) in [5, 5.41) is 14.9. The molecule has 0 fully saturated rings. The lowest BCUT2D eigenvalue weighted by Crippen LogP contribution is -2.20. The van der Waals surface area contributed by atoms with Crippen LogP contribution in [0.3, 0.4) is 0 Å². The Labute approximate surface area is 132 Å². The molecule has 3 rings (SSSR count). The highest BCUT2D eigenvalue weighted by Crippen LogP contribution is 2.29. The molecule has 0 atom stereocenters. The van der Waals surface area contributed by atoms with E-state index in [9.17, 15) is 13.2 Å². The summed E-state index contributed by atoms with van der Waals surface area (Å²) in [4.78, 5) is 16.0. The number of carbonyl (C=O) groups is 1. The first-order valence-corrected chi connectivity index (χ1v) is 8.05. The molecule has 0 aliphatic carbocycles. The van der Waals surface area contributed by atoms with Crippen LogP contribution in [0.5, 0.6) is 0 Å². The summed E-state index contributed by atoms with van der Waals surface area (Å²) >= 11 is 0. The average Bonchev–Trinajstić information content (AvgIpc) is 2.82. The molecule has 1 aliphatic rings. The number of nitrogens with zero attached hydrogens (tertiary/aromatic N) is 2. The van der Waals surface area contributed by atoms with Crippen molar-refractivity contribution in [3.63, 3.8) is 0 Å². The van der Waals surface area contributed by atoms with E-state index in [1.807, 2.05) is 6.07 Å². The van der Waals surface area contributed by atoms with Crippen LogP contribution in [0, 0.1) is 11.3 Å². The van der Waals surface area contributed by atoms with Crippen molar-refractivity contribution in [2.75, 3.05) is 10.6 Å². The van der Waals surface area contributed by atoms with Crippen LogP contribution in [0.2, 0.25) is 0 Å². The number of amides is 2. The van der Waals surface area contributed by atoms with Crippen LogP contribution in [0.15, 0.2) is 46.7 Å². The summed E-state index contributed by atoms with van der Waals surface area (Å²) in [5.41, 5.74) is 1.10. The zero-order valence-corrected chi connectivity index (χ0v) is 12.5. The Kier molecular flexibility index (Phi) is 3.56. The molecule has 8 heteroatoms. The van der Waals surface area contributed by atoms with Gasteiger partial charge in [0.2, 0.25) is 9.84 Å². The molecule has 1 aromatic carbocycles. The molecule has 7 nitrogen and oxygen atoms in total. The molecule has 0 spiro atoms. The van der Waals surface area contributed by atoms with E-state index in [-0.39, 0.29) is 16.4 Å². The Morgan fingerprint density at radius 1 is 1.17 bits per heavy atom. The van der Waals surface area contributed by atoms with Gasteiger partial charge < -0.3 is 5.32 Å². The second-order valence-electron chi connectivity index (χ2n) is 4.70. The molecule has 1 aromatic heterocycles. The van der Waals surface area contributed by atoms with E-state index < -0.39 is 15.9 Å². The van der Waals surface area contributed by atoms with E-state index in [2.05, 4.69) is 15.6 Å².